The first kappa shape index (κ1) is 21.0. The van der Waals surface area contributed by atoms with Crippen LogP contribution in [0.25, 0.3) is 16.7 Å². The molecule has 3 unspecified atom stereocenters. The largest absolute Gasteiger partial charge is 0.436 e. The number of carbonyl (C=O) groups is 2. The number of nitrogens with one attached hydrogen (secondary N) is 2. The smallest absolute Gasteiger partial charge is 0.406 e. The van der Waals surface area contributed by atoms with E-state index in [0.29, 0.717) is 11.3 Å². The van der Waals surface area contributed by atoms with Gasteiger partial charge >= 0.3 is 6.18 Å². The minimum Gasteiger partial charge on any atom is -0.436 e. The first-order valence-corrected chi connectivity index (χ1v) is 10.1. The van der Waals surface area contributed by atoms with Crippen LogP contribution in [-0.4, -0.2) is 40.2 Å². The summed E-state index contributed by atoms with van der Waals surface area (Å²) in [5, 5.41) is 3.95. The monoisotopic (exact) mass is 457 g/mol. The second-order valence-electron chi connectivity index (χ2n) is 7.88. The van der Waals surface area contributed by atoms with E-state index in [1.165, 1.54) is 6.07 Å². The van der Waals surface area contributed by atoms with E-state index in [0.717, 1.165) is 5.01 Å². The summed E-state index contributed by atoms with van der Waals surface area (Å²) in [7, 11) is 0. The van der Waals surface area contributed by atoms with E-state index in [1.54, 1.807) is 49.4 Å². The molecule has 0 bridgehead atoms. The van der Waals surface area contributed by atoms with E-state index in [1.807, 2.05) is 0 Å². The lowest BCUT2D eigenvalue weighted by Gasteiger charge is -2.34. The number of carbonyl (C=O) groups excluding carboxylic acids is 2. The van der Waals surface area contributed by atoms with Gasteiger partial charge in [-0.15, -0.1) is 0 Å². The topological polar surface area (TPSA) is 113 Å². The second kappa shape index (κ2) is 7.34. The highest BCUT2D eigenvalue weighted by molar-refractivity contribution is 6.20. The summed E-state index contributed by atoms with van der Waals surface area (Å²) < 4.78 is 47.5. The van der Waals surface area contributed by atoms with Crippen LogP contribution in [0, 0.1) is 0 Å². The lowest BCUT2D eigenvalue weighted by atomic mass is 9.89. The Balaban J connectivity index is 1.59. The lowest BCUT2D eigenvalue weighted by molar-refractivity contribution is -0.161. The number of hydrogen-bond donors (Lipinski definition) is 3. The fourth-order valence-corrected chi connectivity index (χ4v) is 4.40. The summed E-state index contributed by atoms with van der Waals surface area (Å²) in [4.78, 5) is 29.3. The summed E-state index contributed by atoms with van der Waals surface area (Å²) in [6.45, 7) is 1.57. The van der Waals surface area contributed by atoms with Gasteiger partial charge in [0.15, 0.2) is 5.58 Å². The average molecular weight is 457 g/mol. The predicted octanol–water partition coefficient (Wildman–Crippen LogP) is 2.65. The van der Waals surface area contributed by atoms with Crippen molar-refractivity contribution in [2.24, 2.45) is 5.73 Å². The number of amides is 2. The van der Waals surface area contributed by atoms with Gasteiger partial charge in [-0.1, -0.05) is 36.4 Å². The Bertz CT molecular complexity index is 1300. The molecule has 3 aromatic rings. The number of oxazole rings is 1. The minimum atomic E-state index is -4.61. The number of allylic oxidation sites excluding steroid dienone is 1. The van der Waals surface area contributed by atoms with E-state index in [-0.39, 0.29) is 28.1 Å². The van der Waals surface area contributed by atoms with Crippen molar-refractivity contribution >= 4 is 28.5 Å². The van der Waals surface area contributed by atoms with Gasteiger partial charge < -0.3 is 15.5 Å². The van der Waals surface area contributed by atoms with Crippen LogP contribution in [0.4, 0.5) is 13.2 Å². The molecule has 5 rings (SSSR count). The Morgan fingerprint density at radius 1 is 1.15 bits per heavy atom. The maximum atomic E-state index is 13.9. The number of halogens is 3. The Hall–Kier alpha value is -3.86. The summed E-state index contributed by atoms with van der Waals surface area (Å²) in [6, 6.07) is 10.8. The fourth-order valence-electron chi connectivity index (χ4n) is 4.40. The van der Waals surface area contributed by atoms with Crippen LogP contribution in [0.1, 0.15) is 34.7 Å². The number of nitrogens with zero attached hydrogens (tertiary/aromatic N) is 2. The lowest BCUT2D eigenvalue weighted by Crippen LogP contribution is -2.54. The molecule has 1 saturated heterocycles. The van der Waals surface area contributed by atoms with Crippen molar-refractivity contribution < 1.29 is 27.2 Å². The molecule has 1 aromatic heterocycles. The third kappa shape index (κ3) is 3.32. The molecule has 33 heavy (non-hydrogen) atoms. The number of benzene rings is 2. The average Bonchev–Trinajstić information content (AvgIpc) is 3.35. The third-order valence-corrected chi connectivity index (χ3v) is 5.86. The summed E-state index contributed by atoms with van der Waals surface area (Å²) >= 11 is 0. The van der Waals surface area contributed by atoms with Crippen LogP contribution in [0.2, 0.25) is 0 Å². The zero-order valence-electron chi connectivity index (χ0n) is 17.2. The van der Waals surface area contributed by atoms with Crippen molar-refractivity contribution in [1.29, 1.82) is 0 Å². The van der Waals surface area contributed by atoms with Crippen LogP contribution in [-0.2, 0) is 4.79 Å². The number of aromatic nitrogens is 1. The van der Waals surface area contributed by atoms with Crippen molar-refractivity contribution in [1.82, 2.24) is 20.7 Å². The van der Waals surface area contributed by atoms with Gasteiger partial charge in [0.05, 0.1) is 11.5 Å². The maximum absolute atomic E-state index is 13.9. The zero-order chi connectivity index (χ0) is 23.5. The highest BCUT2D eigenvalue weighted by atomic mass is 19.4. The molecule has 170 valence electrons. The number of nitrogens with two attached hydrogens (primary N) is 1. The van der Waals surface area contributed by atoms with Crippen molar-refractivity contribution in [3.8, 4) is 0 Å². The highest BCUT2D eigenvalue weighted by Gasteiger charge is 2.58. The Morgan fingerprint density at radius 3 is 2.55 bits per heavy atom. The standard InChI is InChI=1S/C22H18F3N5O3/c1-10-14(20-28-16-12(18(26)31)8-5-9-13(16)33-20)21(32)30-19(27-10)15(11-6-3-2-4-7-11)17(29-30)22(23,24)25/h2-9,15,17,19,27,29H,1H3,(H2,26,31). The van der Waals surface area contributed by atoms with Crippen molar-refractivity contribution in [2.45, 2.75) is 31.2 Å². The van der Waals surface area contributed by atoms with Gasteiger partial charge in [0.25, 0.3) is 11.8 Å². The van der Waals surface area contributed by atoms with Crippen molar-refractivity contribution in [2.75, 3.05) is 0 Å². The molecule has 0 saturated carbocycles. The van der Waals surface area contributed by atoms with Gasteiger partial charge in [0.2, 0.25) is 5.89 Å². The van der Waals surface area contributed by atoms with E-state index in [4.69, 9.17) is 10.2 Å². The SMILES string of the molecule is CC1=C(c2nc3c(C(N)=O)cccc3o2)C(=O)N2NC(C(F)(F)F)C(c3ccccc3)C2N1. The molecule has 0 spiro atoms. The van der Waals surface area contributed by atoms with Gasteiger partial charge in [-0.25, -0.2) is 15.4 Å². The highest BCUT2D eigenvalue weighted by Crippen LogP contribution is 2.42. The van der Waals surface area contributed by atoms with Gasteiger partial charge in [-0.05, 0) is 24.6 Å². The molecule has 8 nitrogen and oxygen atoms in total. The van der Waals surface area contributed by atoms with Crippen LogP contribution in [0.15, 0.2) is 58.6 Å². The predicted molar refractivity (Wildman–Crippen MR) is 111 cm³/mol. The number of para-hydroxylation sites is 1. The number of primary amides is 1. The van der Waals surface area contributed by atoms with Crippen LogP contribution >= 0.6 is 0 Å². The van der Waals surface area contributed by atoms with Crippen molar-refractivity contribution in [3.63, 3.8) is 0 Å². The number of fused-ring (bicyclic) bond motifs is 2. The van der Waals surface area contributed by atoms with Crippen LogP contribution in [0.3, 0.4) is 0 Å². The molecule has 2 amide bonds. The van der Waals surface area contributed by atoms with E-state index in [9.17, 15) is 22.8 Å². The molecule has 2 aromatic carbocycles. The normalized spacial score (nSPS) is 23.1. The summed E-state index contributed by atoms with van der Waals surface area (Å²) in [5.41, 5.74) is 8.91. The minimum absolute atomic E-state index is 0.0417. The summed E-state index contributed by atoms with van der Waals surface area (Å²) in [6.07, 6.45) is -5.59. The fraction of sp³-hybridized carbons (Fsp3) is 0.227. The molecule has 1 fully saturated rings. The number of rotatable bonds is 3. The summed E-state index contributed by atoms with van der Waals surface area (Å²) in [5.74, 6) is -2.66. The Labute approximate surface area is 185 Å². The molecular weight excluding hydrogens is 439 g/mol. The first-order valence-electron chi connectivity index (χ1n) is 10.1. The Morgan fingerprint density at radius 2 is 1.88 bits per heavy atom. The van der Waals surface area contributed by atoms with Gasteiger partial charge in [0.1, 0.15) is 23.3 Å². The van der Waals surface area contributed by atoms with Crippen molar-refractivity contribution in [3.05, 3.63) is 71.2 Å². The molecule has 3 heterocycles. The number of alkyl halides is 3. The molecule has 0 radical (unpaired) electrons. The molecule has 2 aliphatic heterocycles. The van der Waals surface area contributed by atoms with E-state index in [2.05, 4.69) is 15.7 Å². The van der Waals surface area contributed by atoms with Crippen LogP contribution < -0.4 is 16.5 Å². The third-order valence-electron chi connectivity index (χ3n) is 5.86. The molecule has 4 N–H and O–H groups in total. The Kier molecular flexibility index (Phi) is 4.67. The second-order valence-corrected chi connectivity index (χ2v) is 7.88. The number of hydrazine groups is 1. The van der Waals surface area contributed by atoms with Gasteiger partial charge in [0, 0.05) is 5.70 Å². The van der Waals surface area contributed by atoms with Crippen LogP contribution in [0.5, 0.6) is 0 Å². The van der Waals surface area contributed by atoms with Gasteiger partial charge in [-0.3, -0.25) is 9.59 Å². The maximum Gasteiger partial charge on any atom is 0.406 e. The van der Waals surface area contributed by atoms with Gasteiger partial charge in [-0.2, -0.15) is 13.2 Å². The number of hydrogen-bond acceptors (Lipinski definition) is 6. The molecule has 2 aliphatic rings. The first-order chi connectivity index (χ1) is 15.7. The van der Waals surface area contributed by atoms with E-state index < -0.39 is 36.1 Å². The quantitative estimate of drug-likeness (QED) is 0.557. The zero-order valence-corrected chi connectivity index (χ0v) is 17.2. The molecule has 11 heteroatoms. The van der Waals surface area contributed by atoms with E-state index >= 15 is 0 Å². The molecule has 0 aliphatic carbocycles. The molecular formula is C22H18F3N5O3. The molecule has 3 atom stereocenters.